The number of nitrogens with zero attached hydrogens (tertiary/aromatic N) is 5. The largest absolute Gasteiger partial charge is 0.348 e. The van der Waals surface area contributed by atoms with E-state index in [4.69, 9.17) is 11.6 Å². The van der Waals surface area contributed by atoms with Crippen LogP contribution in [0.2, 0.25) is 5.02 Å². The fraction of sp³-hybridized carbons (Fsp3) is 0.471. The number of piperazine rings is 1. The van der Waals surface area contributed by atoms with Gasteiger partial charge in [0.1, 0.15) is 5.01 Å². The molecule has 0 spiro atoms. The third kappa shape index (κ3) is 4.10. The summed E-state index contributed by atoms with van der Waals surface area (Å²) >= 11 is 9.53. The van der Waals surface area contributed by atoms with Gasteiger partial charge >= 0.3 is 0 Å². The summed E-state index contributed by atoms with van der Waals surface area (Å²) in [6.07, 6.45) is 0.806. The Hall–Kier alpha value is -1.31. The second-order valence-electron chi connectivity index (χ2n) is 6.31. The van der Waals surface area contributed by atoms with Gasteiger partial charge in [-0.3, -0.25) is 4.99 Å². The van der Waals surface area contributed by atoms with E-state index in [1.165, 1.54) is 10.7 Å². The van der Waals surface area contributed by atoms with Crippen molar-refractivity contribution in [1.29, 1.82) is 0 Å². The summed E-state index contributed by atoms with van der Waals surface area (Å²) in [6.45, 7) is 7.15. The zero-order chi connectivity index (χ0) is 17.2. The molecule has 2 aliphatic heterocycles. The van der Waals surface area contributed by atoms with Crippen molar-refractivity contribution in [2.75, 3.05) is 37.6 Å². The minimum absolute atomic E-state index is 0.617. The molecule has 3 heterocycles. The molecular formula is C17H20ClN5S2. The summed E-state index contributed by atoms with van der Waals surface area (Å²) in [5.74, 6) is 0. The normalized spacial score (nSPS) is 20.9. The van der Waals surface area contributed by atoms with Crippen molar-refractivity contribution < 1.29 is 0 Å². The van der Waals surface area contributed by atoms with Gasteiger partial charge in [-0.05, 0) is 17.7 Å². The van der Waals surface area contributed by atoms with Crippen LogP contribution in [-0.4, -0.2) is 58.2 Å². The number of hydrogen-bond donors (Lipinski definition) is 0. The van der Waals surface area contributed by atoms with Crippen molar-refractivity contribution in [3.63, 3.8) is 0 Å². The number of halogens is 1. The highest BCUT2D eigenvalue weighted by Crippen LogP contribution is 2.27. The standard InChI is InChI=1S/C17H20ClN5S2/c1-12-11-19-16(24-12)22-6-8-23(9-7-22)17-21-20-15(25-17)10-13-2-4-14(18)5-3-13/h2-5,12H,6-11H2,1H3. The lowest BCUT2D eigenvalue weighted by molar-refractivity contribution is 0.391. The third-order valence-electron chi connectivity index (χ3n) is 4.34. The molecule has 1 fully saturated rings. The van der Waals surface area contributed by atoms with E-state index in [0.717, 1.165) is 54.3 Å². The number of rotatable bonds is 3. The molecule has 0 N–H and O–H groups in total. The molecular weight excluding hydrogens is 374 g/mol. The Kier molecular flexibility index (Phi) is 5.15. The minimum Gasteiger partial charge on any atom is -0.348 e. The van der Waals surface area contributed by atoms with Crippen LogP contribution >= 0.6 is 34.7 Å². The average molecular weight is 394 g/mol. The highest BCUT2D eigenvalue weighted by molar-refractivity contribution is 8.14. The molecule has 4 rings (SSSR count). The van der Waals surface area contributed by atoms with Crippen LogP contribution in [0, 0.1) is 0 Å². The van der Waals surface area contributed by atoms with Gasteiger partial charge in [0, 0.05) is 42.9 Å². The van der Waals surface area contributed by atoms with Gasteiger partial charge in [0.05, 0.1) is 6.54 Å². The number of hydrogen-bond acceptors (Lipinski definition) is 7. The van der Waals surface area contributed by atoms with E-state index in [-0.39, 0.29) is 0 Å². The molecule has 1 unspecified atom stereocenters. The van der Waals surface area contributed by atoms with Crippen LogP contribution in [0.4, 0.5) is 5.13 Å². The van der Waals surface area contributed by atoms with Crippen molar-refractivity contribution in [3.05, 3.63) is 39.9 Å². The number of benzene rings is 1. The Labute approximate surface area is 161 Å². The number of aliphatic imine (C=N–C) groups is 1. The molecule has 5 nitrogen and oxygen atoms in total. The van der Waals surface area contributed by atoms with Crippen LogP contribution in [0.1, 0.15) is 17.5 Å². The smallest absolute Gasteiger partial charge is 0.208 e. The van der Waals surface area contributed by atoms with Crippen LogP contribution in [0.5, 0.6) is 0 Å². The number of thioether (sulfide) groups is 1. The Morgan fingerprint density at radius 3 is 2.48 bits per heavy atom. The quantitative estimate of drug-likeness (QED) is 0.799. The van der Waals surface area contributed by atoms with Gasteiger partial charge in [0.25, 0.3) is 0 Å². The molecule has 1 saturated heterocycles. The molecule has 25 heavy (non-hydrogen) atoms. The van der Waals surface area contributed by atoms with Gasteiger partial charge in [-0.1, -0.05) is 53.8 Å². The second kappa shape index (κ2) is 7.51. The van der Waals surface area contributed by atoms with E-state index < -0.39 is 0 Å². The first kappa shape index (κ1) is 17.1. The fourth-order valence-electron chi connectivity index (χ4n) is 2.95. The highest BCUT2D eigenvalue weighted by Gasteiger charge is 2.26. The number of anilines is 1. The van der Waals surface area contributed by atoms with E-state index in [2.05, 4.69) is 31.9 Å². The first-order chi connectivity index (χ1) is 12.2. The molecule has 0 aliphatic carbocycles. The van der Waals surface area contributed by atoms with Gasteiger partial charge in [-0.2, -0.15) is 0 Å². The summed E-state index contributed by atoms with van der Waals surface area (Å²) in [7, 11) is 0. The summed E-state index contributed by atoms with van der Waals surface area (Å²) in [4.78, 5) is 9.39. The molecule has 2 aliphatic rings. The molecule has 0 saturated carbocycles. The Morgan fingerprint density at radius 2 is 1.80 bits per heavy atom. The zero-order valence-corrected chi connectivity index (χ0v) is 16.4. The molecule has 132 valence electrons. The lowest BCUT2D eigenvalue weighted by Gasteiger charge is -2.35. The molecule has 0 bridgehead atoms. The molecule has 1 aromatic heterocycles. The Balaban J connectivity index is 1.34. The Morgan fingerprint density at radius 1 is 1.08 bits per heavy atom. The average Bonchev–Trinajstić information content (AvgIpc) is 3.26. The van der Waals surface area contributed by atoms with Crippen LogP contribution in [-0.2, 0) is 6.42 Å². The molecule has 0 radical (unpaired) electrons. The molecule has 1 atom stereocenters. The van der Waals surface area contributed by atoms with E-state index in [9.17, 15) is 0 Å². The van der Waals surface area contributed by atoms with Crippen molar-refractivity contribution in [1.82, 2.24) is 15.1 Å². The molecule has 2 aromatic rings. The number of amidine groups is 1. The monoisotopic (exact) mass is 393 g/mol. The summed E-state index contributed by atoms with van der Waals surface area (Å²) in [5.41, 5.74) is 1.21. The SMILES string of the molecule is CC1CN=C(N2CCN(c3nnc(Cc4ccc(Cl)cc4)s3)CC2)S1. The predicted molar refractivity (Wildman–Crippen MR) is 107 cm³/mol. The molecule has 0 amide bonds. The second-order valence-corrected chi connectivity index (χ2v) is 9.19. The van der Waals surface area contributed by atoms with E-state index in [1.807, 2.05) is 36.0 Å². The van der Waals surface area contributed by atoms with E-state index in [0.29, 0.717) is 5.25 Å². The van der Waals surface area contributed by atoms with Gasteiger partial charge in [-0.15, -0.1) is 10.2 Å². The van der Waals surface area contributed by atoms with Crippen molar-refractivity contribution in [3.8, 4) is 0 Å². The van der Waals surface area contributed by atoms with Gasteiger partial charge < -0.3 is 9.80 Å². The van der Waals surface area contributed by atoms with Crippen LogP contribution < -0.4 is 4.90 Å². The van der Waals surface area contributed by atoms with Crippen LogP contribution in [0.3, 0.4) is 0 Å². The maximum absolute atomic E-state index is 5.94. The van der Waals surface area contributed by atoms with E-state index >= 15 is 0 Å². The topological polar surface area (TPSA) is 44.6 Å². The summed E-state index contributed by atoms with van der Waals surface area (Å²) in [6, 6.07) is 7.93. The Bertz CT molecular complexity index is 753. The van der Waals surface area contributed by atoms with Gasteiger partial charge in [0.2, 0.25) is 5.13 Å². The van der Waals surface area contributed by atoms with Gasteiger partial charge in [-0.25, -0.2) is 0 Å². The van der Waals surface area contributed by atoms with Crippen molar-refractivity contribution in [2.45, 2.75) is 18.6 Å². The lowest BCUT2D eigenvalue weighted by Crippen LogP contribution is -2.47. The maximum Gasteiger partial charge on any atom is 0.208 e. The maximum atomic E-state index is 5.94. The number of aromatic nitrogens is 2. The van der Waals surface area contributed by atoms with Crippen LogP contribution in [0.15, 0.2) is 29.3 Å². The first-order valence-electron chi connectivity index (χ1n) is 8.45. The van der Waals surface area contributed by atoms with Gasteiger partial charge in [0.15, 0.2) is 5.17 Å². The van der Waals surface area contributed by atoms with Crippen LogP contribution in [0.25, 0.3) is 0 Å². The first-order valence-corrected chi connectivity index (χ1v) is 10.5. The predicted octanol–water partition coefficient (Wildman–Crippen LogP) is 3.40. The fourth-order valence-corrected chi connectivity index (χ4v) is 4.99. The molecule has 8 heteroatoms. The van der Waals surface area contributed by atoms with E-state index in [1.54, 1.807) is 11.3 Å². The lowest BCUT2D eigenvalue weighted by atomic mass is 10.2. The van der Waals surface area contributed by atoms with Crippen molar-refractivity contribution >= 4 is 45.0 Å². The summed E-state index contributed by atoms with van der Waals surface area (Å²) < 4.78 is 0. The zero-order valence-electron chi connectivity index (χ0n) is 14.1. The highest BCUT2D eigenvalue weighted by atomic mass is 35.5. The third-order valence-corrected chi connectivity index (χ3v) is 6.72. The summed E-state index contributed by atoms with van der Waals surface area (Å²) in [5, 5.41) is 13.4. The van der Waals surface area contributed by atoms with Crippen molar-refractivity contribution in [2.24, 2.45) is 4.99 Å². The minimum atomic E-state index is 0.617. The molecule has 1 aromatic carbocycles.